The van der Waals surface area contributed by atoms with Gasteiger partial charge in [0.25, 0.3) is 0 Å². The van der Waals surface area contributed by atoms with Gasteiger partial charge in [-0.3, -0.25) is 9.20 Å². The van der Waals surface area contributed by atoms with Crippen LogP contribution in [0.1, 0.15) is 27.9 Å². The molecule has 0 unspecified atom stereocenters. The SMILES string of the molecule is CCc1ccc(-c2c(C)sc3ncc(C=O)n23)cc1. The summed E-state index contributed by atoms with van der Waals surface area (Å²) in [4.78, 5) is 17.4. The first-order valence-electron chi connectivity index (χ1n) is 6.26. The number of carbonyl (C=O) groups excluding carboxylic acids is 1. The van der Waals surface area contributed by atoms with Crippen LogP contribution >= 0.6 is 11.3 Å². The van der Waals surface area contributed by atoms with Crippen LogP contribution in [0.5, 0.6) is 0 Å². The fraction of sp³-hybridized carbons (Fsp3) is 0.200. The maximum absolute atomic E-state index is 11.1. The average molecular weight is 270 g/mol. The third kappa shape index (κ3) is 1.88. The minimum Gasteiger partial charge on any atom is -0.296 e. The Bertz CT molecular complexity index is 737. The van der Waals surface area contributed by atoms with Crippen molar-refractivity contribution in [2.24, 2.45) is 0 Å². The van der Waals surface area contributed by atoms with Gasteiger partial charge in [0.05, 0.1) is 11.9 Å². The first-order chi connectivity index (χ1) is 9.24. The molecule has 1 aromatic carbocycles. The van der Waals surface area contributed by atoms with E-state index in [4.69, 9.17) is 0 Å². The maximum atomic E-state index is 11.1. The number of carbonyl (C=O) groups is 1. The number of nitrogens with zero attached hydrogens (tertiary/aromatic N) is 2. The topological polar surface area (TPSA) is 34.4 Å². The van der Waals surface area contributed by atoms with Gasteiger partial charge >= 0.3 is 0 Å². The summed E-state index contributed by atoms with van der Waals surface area (Å²) in [7, 11) is 0. The standard InChI is InChI=1S/C15H14N2OS/c1-3-11-4-6-12(7-5-11)14-10(2)19-15-16-8-13(9-18)17(14)15/h4-9H,3H2,1-2H3. The lowest BCUT2D eigenvalue weighted by molar-refractivity contribution is 0.111. The summed E-state index contributed by atoms with van der Waals surface area (Å²) < 4.78 is 1.94. The van der Waals surface area contributed by atoms with Gasteiger partial charge in [0.1, 0.15) is 5.69 Å². The molecule has 2 heterocycles. The molecule has 0 aliphatic carbocycles. The minimum atomic E-state index is 0.605. The van der Waals surface area contributed by atoms with Crippen LogP contribution in [-0.4, -0.2) is 15.7 Å². The molecule has 3 rings (SSSR count). The van der Waals surface area contributed by atoms with Gasteiger partial charge < -0.3 is 0 Å². The number of hydrogen-bond donors (Lipinski definition) is 0. The Kier molecular flexibility index (Phi) is 2.95. The summed E-state index contributed by atoms with van der Waals surface area (Å²) in [5.74, 6) is 0. The molecule has 2 aromatic heterocycles. The van der Waals surface area contributed by atoms with Crippen molar-refractivity contribution in [3.8, 4) is 11.3 Å². The number of aromatic nitrogens is 2. The van der Waals surface area contributed by atoms with Gasteiger partial charge in [0.2, 0.25) is 0 Å². The number of aryl methyl sites for hydroxylation is 2. The first kappa shape index (κ1) is 12.1. The highest BCUT2D eigenvalue weighted by Crippen LogP contribution is 2.31. The fourth-order valence-electron chi connectivity index (χ4n) is 2.30. The number of benzene rings is 1. The van der Waals surface area contributed by atoms with Gasteiger partial charge in [-0.05, 0) is 24.5 Å². The highest BCUT2D eigenvalue weighted by molar-refractivity contribution is 7.17. The van der Waals surface area contributed by atoms with Crippen molar-refractivity contribution in [2.75, 3.05) is 0 Å². The zero-order valence-corrected chi connectivity index (χ0v) is 11.7. The molecule has 0 radical (unpaired) electrons. The Hall–Kier alpha value is -1.94. The molecule has 0 spiro atoms. The second kappa shape index (κ2) is 4.63. The van der Waals surface area contributed by atoms with E-state index in [-0.39, 0.29) is 0 Å². The number of hydrogen-bond acceptors (Lipinski definition) is 3. The van der Waals surface area contributed by atoms with Crippen molar-refractivity contribution in [2.45, 2.75) is 20.3 Å². The number of rotatable bonds is 3. The summed E-state index contributed by atoms with van der Waals surface area (Å²) in [6.45, 7) is 4.21. The van der Waals surface area contributed by atoms with Crippen LogP contribution < -0.4 is 0 Å². The molecule has 19 heavy (non-hydrogen) atoms. The number of aldehydes is 1. The van der Waals surface area contributed by atoms with E-state index >= 15 is 0 Å². The van der Waals surface area contributed by atoms with Crippen LogP contribution in [0.3, 0.4) is 0 Å². The molecular formula is C15H14N2OS. The van der Waals surface area contributed by atoms with E-state index in [2.05, 4.69) is 43.1 Å². The quantitative estimate of drug-likeness (QED) is 0.679. The smallest absolute Gasteiger partial charge is 0.194 e. The zero-order valence-electron chi connectivity index (χ0n) is 10.9. The largest absolute Gasteiger partial charge is 0.296 e. The van der Waals surface area contributed by atoms with Crippen molar-refractivity contribution >= 4 is 22.6 Å². The molecule has 0 aliphatic heterocycles. The maximum Gasteiger partial charge on any atom is 0.194 e. The molecular weight excluding hydrogens is 256 g/mol. The Morgan fingerprint density at radius 2 is 2.05 bits per heavy atom. The lowest BCUT2D eigenvalue weighted by Crippen LogP contribution is -1.93. The Morgan fingerprint density at radius 1 is 1.32 bits per heavy atom. The molecule has 3 nitrogen and oxygen atoms in total. The Morgan fingerprint density at radius 3 is 2.68 bits per heavy atom. The van der Waals surface area contributed by atoms with E-state index in [0.29, 0.717) is 5.69 Å². The van der Waals surface area contributed by atoms with Gasteiger partial charge in [-0.2, -0.15) is 0 Å². The summed E-state index contributed by atoms with van der Waals surface area (Å²) >= 11 is 1.61. The average Bonchev–Trinajstić information content (AvgIpc) is 2.96. The van der Waals surface area contributed by atoms with Crippen molar-refractivity contribution in [3.63, 3.8) is 0 Å². The number of fused-ring (bicyclic) bond motifs is 1. The van der Waals surface area contributed by atoms with Crippen LogP contribution in [0, 0.1) is 6.92 Å². The fourth-order valence-corrected chi connectivity index (χ4v) is 3.27. The Balaban J connectivity index is 2.24. The summed E-state index contributed by atoms with van der Waals surface area (Å²) in [5.41, 5.74) is 4.12. The van der Waals surface area contributed by atoms with Gasteiger partial charge in [0, 0.05) is 4.88 Å². The van der Waals surface area contributed by atoms with Gasteiger partial charge in [-0.25, -0.2) is 4.98 Å². The molecule has 0 saturated heterocycles. The molecule has 96 valence electrons. The molecule has 0 aliphatic rings. The molecule has 4 heteroatoms. The zero-order chi connectivity index (χ0) is 13.4. The molecule has 0 N–H and O–H groups in total. The van der Waals surface area contributed by atoms with E-state index in [1.165, 1.54) is 10.4 Å². The van der Waals surface area contributed by atoms with Gasteiger partial charge in [-0.1, -0.05) is 31.2 Å². The molecule has 0 saturated carbocycles. The summed E-state index contributed by atoms with van der Waals surface area (Å²) in [6, 6.07) is 8.50. The molecule has 3 aromatic rings. The summed E-state index contributed by atoms with van der Waals surface area (Å²) in [5, 5.41) is 0. The van der Waals surface area contributed by atoms with Crippen LogP contribution in [0.4, 0.5) is 0 Å². The Labute approximate surface area is 115 Å². The summed E-state index contributed by atoms with van der Waals surface area (Å²) in [6.07, 6.45) is 3.52. The lowest BCUT2D eigenvalue weighted by Gasteiger charge is -2.04. The van der Waals surface area contributed by atoms with E-state index in [1.807, 2.05) is 4.40 Å². The second-order valence-electron chi connectivity index (χ2n) is 4.48. The predicted octanol–water partition coefficient (Wildman–Crippen LogP) is 3.75. The van der Waals surface area contributed by atoms with Crippen molar-refractivity contribution in [1.29, 1.82) is 0 Å². The normalized spacial score (nSPS) is 11.1. The highest BCUT2D eigenvalue weighted by atomic mass is 32.1. The second-order valence-corrected chi connectivity index (χ2v) is 5.66. The van der Waals surface area contributed by atoms with E-state index in [1.54, 1.807) is 17.5 Å². The first-order valence-corrected chi connectivity index (χ1v) is 7.07. The van der Waals surface area contributed by atoms with E-state index in [0.717, 1.165) is 28.9 Å². The van der Waals surface area contributed by atoms with Crippen molar-refractivity contribution in [3.05, 3.63) is 46.6 Å². The molecule has 0 fully saturated rings. The molecule has 0 amide bonds. The van der Waals surface area contributed by atoms with Crippen LogP contribution in [0.2, 0.25) is 0 Å². The third-order valence-corrected chi connectivity index (χ3v) is 4.28. The third-order valence-electron chi connectivity index (χ3n) is 3.31. The van der Waals surface area contributed by atoms with Crippen LogP contribution in [0.15, 0.2) is 30.5 Å². The van der Waals surface area contributed by atoms with E-state index in [9.17, 15) is 4.79 Å². The van der Waals surface area contributed by atoms with Gasteiger partial charge in [0.15, 0.2) is 11.2 Å². The van der Waals surface area contributed by atoms with E-state index < -0.39 is 0 Å². The predicted molar refractivity (Wildman–Crippen MR) is 78.0 cm³/mol. The molecule has 0 atom stereocenters. The van der Waals surface area contributed by atoms with Crippen LogP contribution in [-0.2, 0) is 6.42 Å². The monoisotopic (exact) mass is 270 g/mol. The minimum absolute atomic E-state index is 0.605. The highest BCUT2D eigenvalue weighted by Gasteiger charge is 2.15. The number of imidazole rings is 1. The number of thiazole rings is 1. The van der Waals surface area contributed by atoms with Crippen molar-refractivity contribution < 1.29 is 4.79 Å². The van der Waals surface area contributed by atoms with Crippen LogP contribution in [0.25, 0.3) is 16.2 Å². The van der Waals surface area contributed by atoms with Crippen molar-refractivity contribution in [1.82, 2.24) is 9.38 Å². The lowest BCUT2D eigenvalue weighted by atomic mass is 10.1. The molecule has 0 bridgehead atoms. The van der Waals surface area contributed by atoms with Gasteiger partial charge in [-0.15, -0.1) is 11.3 Å².